The maximum absolute atomic E-state index is 10.5. The van der Waals surface area contributed by atoms with Crippen molar-refractivity contribution >= 4 is 0 Å². The van der Waals surface area contributed by atoms with Crippen molar-refractivity contribution in [3.05, 3.63) is 70.3 Å². The first-order valence-electron chi connectivity index (χ1n) is 6.75. The minimum atomic E-state index is -0.804. The monoisotopic (exact) mass is 265 g/mol. The van der Waals surface area contributed by atoms with Gasteiger partial charge in [0, 0.05) is 0 Å². The first-order valence-corrected chi connectivity index (χ1v) is 6.75. The molecule has 0 radical (unpaired) electrons. The Labute approximate surface area is 120 Å². The molecule has 0 heterocycles. The van der Waals surface area contributed by atoms with Crippen LogP contribution < -0.4 is 0 Å². The van der Waals surface area contributed by atoms with E-state index in [-0.39, 0.29) is 0 Å². The minimum Gasteiger partial charge on any atom is -0.387 e. The Kier molecular flexibility index (Phi) is 4.22. The van der Waals surface area contributed by atoms with Crippen LogP contribution in [-0.4, -0.2) is 5.11 Å². The summed E-state index contributed by atoms with van der Waals surface area (Å²) in [4.78, 5) is 0. The molecular formula is C18H19NO. The highest BCUT2D eigenvalue weighted by Crippen LogP contribution is 2.34. The fourth-order valence-electron chi connectivity index (χ4n) is 2.82. The smallest absolute Gasteiger partial charge is 0.102 e. The second-order valence-corrected chi connectivity index (χ2v) is 5.27. The summed E-state index contributed by atoms with van der Waals surface area (Å²) in [6.07, 6.45) is -0.804. The molecule has 2 nitrogen and oxygen atoms in total. The van der Waals surface area contributed by atoms with Crippen LogP contribution in [-0.2, 0) is 0 Å². The Morgan fingerprint density at radius 2 is 1.55 bits per heavy atom. The minimum absolute atomic E-state index is 0.544. The Balaban J connectivity index is 2.47. The van der Waals surface area contributed by atoms with Gasteiger partial charge in [-0.1, -0.05) is 48.0 Å². The van der Waals surface area contributed by atoms with E-state index in [9.17, 15) is 10.4 Å². The molecule has 1 N–H and O–H groups in total. The molecule has 2 heteroatoms. The summed E-state index contributed by atoms with van der Waals surface area (Å²) in [6, 6.07) is 15.8. The number of rotatable bonds is 3. The first kappa shape index (κ1) is 14.3. The van der Waals surface area contributed by atoms with E-state index in [1.807, 2.05) is 51.1 Å². The summed E-state index contributed by atoms with van der Waals surface area (Å²) >= 11 is 0. The summed E-state index contributed by atoms with van der Waals surface area (Å²) in [7, 11) is 0. The summed E-state index contributed by atoms with van der Waals surface area (Å²) in [6.45, 7) is 6.04. The predicted molar refractivity (Wildman–Crippen MR) is 80.4 cm³/mol. The van der Waals surface area contributed by atoms with Gasteiger partial charge in [-0.2, -0.15) is 5.26 Å². The van der Waals surface area contributed by atoms with E-state index in [1.54, 1.807) is 0 Å². The fraction of sp³-hybridized carbons (Fsp3) is 0.278. The zero-order valence-electron chi connectivity index (χ0n) is 12.1. The van der Waals surface area contributed by atoms with Gasteiger partial charge in [-0.3, -0.25) is 0 Å². The Morgan fingerprint density at radius 1 is 1.00 bits per heavy atom. The SMILES string of the molecule is Cc1cc(C)c([C@@H](C#N)[C@H](O)c2ccccc2)c(C)c1. The fourth-order valence-corrected chi connectivity index (χ4v) is 2.82. The van der Waals surface area contributed by atoms with Crippen molar-refractivity contribution in [2.24, 2.45) is 0 Å². The zero-order valence-corrected chi connectivity index (χ0v) is 12.1. The molecule has 0 aromatic heterocycles. The molecule has 0 spiro atoms. The lowest BCUT2D eigenvalue weighted by atomic mass is 9.84. The molecule has 2 rings (SSSR count). The van der Waals surface area contributed by atoms with E-state index in [4.69, 9.17) is 0 Å². The summed E-state index contributed by atoms with van der Waals surface area (Å²) < 4.78 is 0. The number of nitriles is 1. The van der Waals surface area contributed by atoms with Gasteiger partial charge < -0.3 is 5.11 Å². The van der Waals surface area contributed by atoms with Gasteiger partial charge in [0.15, 0.2) is 0 Å². The van der Waals surface area contributed by atoms with Gasteiger partial charge in [0.2, 0.25) is 0 Å². The van der Waals surface area contributed by atoms with Crippen LogP contribution in [0.4, 0.5) is 0 Å². The highest BCUT2D eigenvalue weighted by atomic mass is 16.3. The quantitative estimate of drug-likeness (QED) is 0.913. The van der Waals surface area contributed by atoms with Crippen molar-refractivity contribution in [1.82, 2.24) is 0 Å². The van der Waals surface area contributed by atoms with Crippen LogP contribution in [0.5, 0.6) is 0 Å². The molecule has 0 aliphatic rings. The van der Waals surface area contributed by atoms with Crippen molar-refractivity contribution in [3.63, 3.8) is 0 Å². The van der Waals surface area contributed by atoms with Gasteiger partial charge >= 0.3 is 0 Å². The normalized spacial score (nSPS) is 13.6. The van der Waals surface area contributed by atoms with Crippen molar-refractivity contribution in [2.45, 2.75) is 32.8 Å². The molecule has 0 aliphatic heterocycles. The standard InChI is InChI=1S/C18H19NO/c1-12-9-13(2)17(14(3)10-12)16(11-19)18(20)15-7-5-4-6-8-15/h4-10,16,18,20H,1-3H3/t16-,18-/m1/s1. The van der Waals surface area contributed by atoms with E-state index in [0.717, 1.165) is 22.3 Å². The van der Waals surface area contributed by atoms with E-state index in [1.165, 1.54) is 5.56 Å². The number of hydrogen-bond acceptors (Lipinski definition) is 2. The molecule has 0 bridgehead atoms. The van der Waals surface area contributed by atoms with Gasteiger partial charge in [0.1, 0.15) is 5.92 Å². The molecule has 102 valence electrons. The second kappa shape index (κ2) is 5.90. The van der Waals surface area contributed by atoms with Gasteiger partial charge in [-0.05, 0) is 43.0 Å². The molecule has 0 amide bonds. The number of hydrogen-bond donors (Lipinski definition) is 1. The van der Waals surface area contributed by atoms with Gasteiger partial charge in [-0.25, -0.2) is 0 Å². The lowest BCUT2D eigenvalue weighted by Crippen LogP contribution is -2.12. The highest BCUT2D eigenvalue weighted by molar-refractivity contribution is 5.44. The molecule has 0 fully saturated rings. The van der Waals surface area contributed by atoms with Crippen LogP contribution >= 0.6 is 0 Å². The molecule has 20 heavy (non-hydrogen) atoms. The predicted octanol–water partition coefficient (Wildman–Crippen LogP) is 3.95. The average Bonchev–Trinajstić information content (AvgIpc) is 2.43. The first-order chi connectivity index (χ1) is 9.54. The third-order valence-corrected chi connectivity index (χ3v) is 3.64. The third kappa shape index (κ3) is 2.74. The second-order valence-electron chi connectivity index (χ2n) is 5.27. The lowest BCUT2D eigenvalue weighted by Gasteiger charge is -2.21. The molecule has 2 aromatic rings. The third-order valence-electron chi connectivity index (χ3n) is 3.64. The summed E-state index contributed by atoms with van der Waals surface area (Å²) in [5.41, 5.74) is 5.01. The van der Waals surface area contributed by atoms with Crippen molar-refractivity contribution in [1.29, 1.82) is 5.26 Å². The lowest BCUT2D eigenvalue weighted by molar-refractivity contribution is 0.163. The summed E-state index contributed by atoms with van der Waals surface area (Å²) in [5, 5.41) is 20.0. The van der Waals surface area contributed by atoms with E-state index >= 15 is 0 Å². The number of nitrogens with zero attached hydrogens (tertiary/aromatic N) is 1. The number of aliphatic hydroxyl groups is 1. The number of benzene rings is 2. The van der Waals surface area contributed by atoms with Gasteiger partial charge in [0.05, 0.1) is 12.2 Å². The molecule has 2 atom stereocenters. The molecule has 2 aromatic carbocycles. The number of aliphatic hydroxyl groups excluding tert-OH is 1. The van der Waals surface area contributed by atoms with E-state index < -0.39 is 12.0 Å². The number of aryl methyl sites for hydroxylation is 3. The van der Waals surface area contributed by atoms with E-state index in [0.29, 0.717) is 0 Å². The Bertz CT molecular complexity index is 617. The molecule has 0 aliphatic carbocycles. The van der Waals surface area contributed by atoms with E-state index in [2.05, 4.69) is 18.2 Å². The molecule has 0 saturated carbocycles. The van der Waals surface area contributed by atoms with Crippen molar-refractivity contribution < 1.29 is 5.11 Å². The zero-order chi connectivity index (χ0) is 14.7. The maximum atomic E-state index is 10.5. The van der Waals surface area contributed by atoms with Crippen LogP contribution in [0.3, 0.4) is 0 Å². The van der Waals surface area contributed by atoms with Crippen LogP contribution in [0.25, 0.3) is 0 Å². The molecule has 0 unspecified atom stereocenters. The van der Waals surface area contributed by atoms with Gasteiger partial charge in [-0.15, -0.1) is 0 Å². The summed E-state index contributed by atoms with van der Waals surface area (Å²) in [5.74, 6) is -0.544. The van der Waals surface area contributed by atoms with Crippen molar-refractivity contribution in [3.8, 4) is 6.07 Å². The van der Waals surface area contributed by atoms with Crippen LogP contribution in [0.2, 0.25) is 0 Å². The maximum Gasteiger partial charge on any atom is 0.102 e. The highest BCUT2D eigenvalue weighted by Gasteiger charge is 2.25. The largest absolute Gasteiger partial charge is 0.387 e. The molecular weight excluding hydrogens is 246 g/mol. The van der Waals surface area contributed by atoms with Crippen LogP contribution in [0, 0.1) is 32.1 Å². The topological polar surface area (TPSA) is 44.0 Å². The van der Waals surface area contributed by atoms with Crippen LogP contribution in [0.15, 0.2) is 42.5 Å². The van der Waals surface area contributed by atoms with Crippen molar-refractivity contribution in [2.75, 3.05) is 0 Å². The van der Waals surface area contributed by atoms with Gasteiger partial charge in [0.25, 0.3) is 0 Å². The average molecular weight is 265 g/mol. The molecule has 0 saturated heterocycles. The Morgan fingerprint density at radius 3 is 2.05 bits per heavy atom. The Hall–Kier alpha value is -2.11. The van der Waals surface area contributed by atoms with Crippen LogP contribution in [0.1, 0.15) is 39.8 Å².